The molecule has 1 amide bonds. The van der Waals surface area contributed by atoms with E-state index in [1.54, 1.807) is 23.1 Å². The van der Waals surface area contributed by atoms with Gasteiger partial charge in [-0.3, -0.25) is 4.79 Å². The van der Waals surface area contributed by atoms with Crippen molar-refractivity contribution in [3.8, 4) is 0 Å². The minimum Gasteiger partial charge on any atom is -0.356 e. The second kappa shape index (κ2) is 6.68. The number of carbonyl (C=O) groups is 1. The van der Waals surface area contributed by atoms with Crippen LogP contribution in [0.25, 0.3) is 10.9 Å². The first kappa shape index (κ1) is 17.3. The zero-order valence-electron chi connectivity index (χ0n) is 15.6. The number of carbonyl (C=O) groups excluding carboxylic acids is 1. The predicted molar refractivity (Wildman–Crippen MR) is 101 cm³/mol. The van der Waals surface area contributed by atoms with Crippen molar-refractivity contribution >= 4 is 16.8 Å². The molecule has 0 spiro atoms. The lowest BCUT2D eigenvalue weighted by Crippen LogP contribution is -2.51. The summed E-state index contributed by atoms with van der Waals surface area (Å²) in [7, 11) is 0. The largest absolute Gasteiger partial charge is 0.356 e. The van der Waals surface area contributed by atoms with Crippen molar-refractivity contribution in [1.82, 2.24) is 30.5 Å². The number of amides is 1. The second-order valence-corrected chi connectivity index (χ2v) is 7.97. The number of aromatic amines is 1. The predicted octanol–water partition coefficient (Wildman–Crippen LogP) is 3.15. The van der Waals surface area contributed by atoms with Gasteiger partial charge in [0.25, 0.3) is 0 Å². The summed E-state index contributed by atoms with van der Waals surface area (Å²) in [4.78, 5) is 16.9. The summed E-state index contributed by atoms with van der Waals surface area (Å²) in [5.74, 6) is -0.262. The highest BCUT2D eigenvalue weighted by Gasteiger charge is 2.43. The summed E-state index contributed by atoms with van der Waals surface area (Å²) in [6, 6.07) is 4.71. The van der Waals surface area contributed by atoms with Gasteiger partial charge in [-0.2, -0.15) is 0 Å². The van der Waals surface area contributed by atoms with Gasteiger partial charge in [-0.05, 0) is 66.3 Å². The molecule has 2 aliphatic rings. The highest BCUT2D eigenvalue weighted by molar-refractivity contribution is 5.87. The molecule has 2 N–H and O–H groups in total. The summed E-state index contributed by atoms with van der Waals surface area (Å²) in [6.07, 6.45) is 8.82. The molecule has 0 saturated heterocycles. The van der Waals surface area contributed by atoms with E-state index in [0.29, 0.717) is 0 Å². The maximum atomic E-state index is 13.7. The van der Waals surface area contributed by atoms with Crippen LogP contribution in [-0.4, -0.2) is 31.1 Å². The van der Waals surface area contributed by atoms with E-state index in [4.69, 9.17) is 0 Å². The van der Waals surface area contributed by atoms with Gasteiger partial charge in [0.15, 0.2) is 0 Å². The molecule has 5 rings (SSSR count). The van der Waals surface area contributed by atoms with Gasteiger partial charge in [-0.1, -0.05) is 19.3 Å². The Morgan fingerprint density at radius 2 is 2.11 bits per heavy atom. The molecule has 28 heavy (non-hydrogen) atoms. The summed E-state index contributed by atoms with van der Waals surface area (Å²) in [5.41, 5.74) is 2.31. The Bertz CT molecular complexity index is 1010. The van der Waals surface area contributed by atoms with Crippen LogP contribution in [0.5, 0.6) is 0 Å². The van der Waals surface area contributed by atoms with Crippen LogP contribution < -0.4 is 5.32 Å². The van der Waals surface area contributed by atoms with Crippen LogP contribution in [-0.2, 0) is 16.8 Å². The average molecular weight is 382 g/mol. The number of H-pyrrole nitrogens is 1. The van der Waals surface area contributed by atoms with E-state index in [1.807, 2.05) is 0 Å². The molecule has 0 radical (unpaired) electrons. The second-order valence-electron chi connectivity index (χ2n) is 7.97. The molecule has 2 aliphatic carbocycles. The summed E-state index contributed by atoms with van der Waals surface area (Å²) in [6.45, 7) is 0. The molecule has 1 atom stereocenters. The highest BCUT2D eigenvalue weighted by atomic mass is 19.1. The lowest BCUT2D eigenvalue weighted by molar-refractivity contribution is -0.133. The molecule has 1 aromatic carbocycles. The van der Waals surface area contributed by atoms with E-state index in [-0.39, 0.29) is 17.8 Å². The molecule has 0 unspecified atom stereocenters. The minimum absolute atomic E-state index is 0.0258. The maximum absolute atomic E-state index is 13.7. The fourth-order valence-corrected chi connectivity index (χ4v) is 4.93. The Morgan fingerprint density at radius 1 is 1.25 bits per heavy atom. The Balaban J connectivity index is 1.48. The van der Waals surface area contributed by atoms with E-state index in [9.17, 15) is 9.18 Å². The molecule has 3 aromatic rings. The van der Waals surface area contributed by atoms with Gasteiger partial charge in [0, 0.05) is 16.6 Å². The van der Waals surface area contributed by atoms with Gasteiger partial charge < -0.3 is 10.3 Å². The van der Waals surface area contributed by atoms with Crippen LogP contribution in [0.2, 0.25) is 0 Å². The zero-order valence-corrected chi connectivity index (χ0v) is 15.6. The summed E-state index contributed by atoms with van der Waals surface area (Å²) >= 11 is 0. The first-order valence-electron chi connectivity index (χ1n) is 10.0. The van der Waals surface area contributed by atoms with Gasteiger partial charge in [-0.25, -0.2) is 9.07 Å². The average Bonchev–Trinajstić information content (AvgIpc) is 3.37. The molecule has 8 heteroatoms. The van der Waals surface area contributed by atoms with E-state index < -0.39 is 5.54 Å². The number of nitrogens with one attached hydrogen (secondary N) is 2. The molecule has 146 valence electrons. The van der Waals surface area contributed by atoms with Crippen molar-refractivity contribution < 1.29 is 9.18 Å². The van der Waals surface area contributed by atoms with E-state index in [1.165, 1.54) is 6.07 Å². The van der Waals surface area contributed by atoms with Crippen molar-refractivity contribution in [3.63, 3.8) is 0 Å². The number of rotatable bonds is 3. The lowest BCUT2D eigenvalue weighted by Gasteiger charge is -2.37. The molecule has 1 fully saturated rings. The van der Waals surface area contributed by atoms with Gasteiger partial charge in [-0.15, -0.1) is 5.10 Å². The molecule has 0 bridgehead atoms. The third-order valence-electron chi connectivity index (χ3n) is 6.37. The van der Waals surface area contributed by atoms with Crippen molar-refractivity contribution in [1.29, 1.82) is 0 Å². The molecular formula is C20H23FN6O. The third kappa shape index (κ3) is 2.70. The molecule has 1 saturated carbocycles. The minimum atomic E-state index is -0.725. The normalized spacial score (nSPS) is 21.4. The summed E-state index contributed by atoms with van der Waals surface area (Å²) < 4.78 is 15.4. The fraction of sp³-hybridized carbons (Fsp3) is 0.500. The molecule has 0 aliphatic heterocycles. The van der Waals surface area contributed by atoms with Gasteiger partial charge >= 0.3 is 0 Å². The first-order valence-corrected chi connectivity index (χ1v) is 10.0. The van der Waals surface area contributed by atoms with Crippen molar-refractivity contribution in [2.24, 2.45) is 0 Å². The maximum Gasteiger partial charge on any atom is 0.248 e. The number of aromatic nitrogens is 5. The standard InChI is InChI=1S/C20H23FN6O/c21-13-7-8-16-15(11-13)14-5-4-6-17(18(14)23-16)24-19(28)20(9-2-1-3-10-20)27-12-22-25-26-27/h7-8,11-12,17,23H,1-6,9-10H2,(H,24,28)/t17-/m0/s1. The number of aryl methyl sites for hydroxylation is 1. The smallest absolute Gasteiger partial charge is 0.248 e. The molecule has 2 heterocycles. The Hall–Kier alpha value is -2.77. The third-order valence-corrected chi connectivity index (χ3v) is 6.37. The Labute approximate surface area is 161 Å². The number of fused-ring (bicyclic) bond motifs is 3. The van der Waals surface area contributed by atoms with Crippen molar-refractivity contribution in [2.75, 3.05) is 0 Å². The number of nitrogens with zero attached hydrogens (tertiary/aromatic N) is 4. The van der Waals surface area contributed by atoms with Gasteiger partial charge in [0.1, 0.15) is 17.7 Å². The first-order chi connectivity index (χ1) is 13.7. The monoisotopic (exact) mass is 382 g/mol. The van der Waals surface area contributed by atoms with Gasteiger partial charge in [0.05, 0.1) is 6.04 Å². The quantitative estimate of drug-likeness (QED) is 0.728. The van der Waals surface area contributed by atoms with Crippen molar-refractivity contribution in [3.05, 3.63) is 41.6 Å². The van der Waals surface area contributed by atoms with Crippen molar-refractivity contribution in [2.45, 2.75) is 62.9 Å². The van der Waals surface area contributed by atoms with Crippen LogP contribution in [0.1, 0.15) is 62.2 Å². The molecule has 7 nitrogen and oxygen atoms in total. The number of tetrazole rings is 1. The van der Waals surface area contributed by atoms with Crippen LogP contribution in [0.15, 0.2) is 24.5 Å². The van der Waals surface area contributed by atoms with E-state index in [0.717, 1.165) is 73.5 Å². The summed E-state index contributed by atoms with van der Waals surface area (Å²) in [5, 5.41) is 15.8. The lowest BCUT2D eigenvalue weighted by atomic mass is 9.80. The van der Waals surface area contributed by atoms with E-state index in [2.05, 4.69) is 25.8 Å². The zero-order chi connectivity index (χ0) is 19.1. The van der Waals surface area contributed by atoms with Gasteiger partial charge in [0.2, 0.25) is 5.91 Å². The topological polar surface area (TPSA) is 88.5 Å². The molecule has 2 aromatic heterocycles. The molecular weight excluding hydrogens is 359 g/mol. The SMILES string of the molecule is O=C(N[C@H]1CCCc2c1[nH]c1ccc(F)cc21)C1(n2cnnn2)CCCCC1. The van der Waals surface area contributed by atoms with Crippen LogP contribution in [0.4, 0.5) is 4.39 Å². The number of hydrogen-bond donors (Lipinski definition) is 2. The van der Waals surface area contributed by atoms with Crippen LogP contribution in [0, 0.1) is 5.82 Å². The van der Waals surface area contributed by atoms with Crippen LogP contribution in [0.3, 0.4) is 0 Å². The number of hydrogen-bond acceptors (Lipinski definition) is 4. The highest BCUT2D eigenvalue weighted by Crippen LogP contribution is 2.38. The van der Waals surface area contributed by atoms with Crippen LogP contribution >= 0.6 is 0 Å². The number of halogens is 1. The Morgan fingerprint density at radius 3 is 2.89 bits per heavy atom. The Kier molecular flexibility index (Phi) is 4.14. The number of benzene rings is 1. The fourth-order valence-electron chi connectivity index (χ4n) is 4.93. The van der Waals surface area contributed by atoms with E-state index >= 15 is 0 Å².